The maximum absolute atomic E-state index is 13.7. The van der Waals surface area contributed by atoms with Gasteiger partial charge in [-0.25, -0.2) is 18.0 Å². The molecule has 0 aliphatic carbocycles. The van der Waals surface area contributed by atoms with E-state index in [-0.39, 0.29) is 24.1 Å². The molecule has 0 saturated heterocycles. The van der Waals surface area contributed by atoms with Crippen LogP contribution in [0.4, 0.5) is 29.5 Å². The van der Waals surface area contributed by atoms with Crippen LogP contribution in [0.3, 0.4) is 0 Å². The summed E-state index contributed by atoms with van der Waals surface area (Å²) in [6.07, 6.45) is 0. The summed E-state index contributed by atoms with van der Waals surface area (Å²) in [7, 11) is 0. The number of urea groups is 1. The van der Waals surface area contributed by atoms with Gasteiger partial charge in [0.2, 0.25) is 0 Å². The molecule has 0 aliphatic heterocycles. The second-order valence-corrected chi connectivity index (χ2v) is 7.45. The van der Waals surface area contributed by atoms with Gasteiger partial charge in [0.25, 0.3) is 0 Å². The van der Waals surface area contributed by atoms with E-state index in [0.29, 0.717) is 17.6 Å². The van der Waals surface area contributed by atoms with Crippen LogP contribution in [0.15, 0.2) is 66.7 Å². The van der Waals surface area contributed by atoms with E-state index in [2.05, 4.69) is 26.1 Å². The maximum atomic E-state index is 13.7. The van der Waals surface area contributed by atoms with Crippen molar-refractivity contribution in [1.82, 2.24) is 15.5 Å². The summed E-state index contributed by atoms with van der Waals surface area (Å²) < 4.78 is 40.0. The van der Waals surface area contributed by atoms with Crippen LogP contribution in [0, 0.1) is 17.5 Å². The van der Waals surface area contributed by atoms with Gasteiger partial charge in [-0.2, -0.15) is 0 Å². The third kappa shape index (κ3) is 5.20. The molecule has 0 aliphatic rings. The first-order valence-electron chi connectivity index (χ1n) is 10.2. The number of carbonyl (C=O) groups excluding carboxylic acids is 1. The van der Waals surface area contributed by atoms with Crippen LogP contribution in [0.25, 0.3) is 22.0 Å². The van der Waals surface area contributed by atoms with Crippen molar-refractivity contribution in [3.05, 3.63) is 84.2 Å². The Morgan fingerprint density at radius 3 is 2.33 bits per heavy atom. The molecule has 3 aromatic carbocycles. The van der Waals surface area contributed by atoms with Crippen LogP contribution in [0.1, 0.15) is 6.92 Å². The first-order valence-corrected chi connectivity index (χ1v) is 10.2. The normalized spacial score (nSPS) is 11.8. The SMILES string of the molecule is C[C@H](CNC(=O)Nc1ccc(F)cc1F)Nc1nnc(-c2ccc(F)cc2)c2ccccc12. The van der Waals surface area contributed by atoms with Gasteiger partial charge >= 0.3 is 6.03 Å². The van der Waals surface area contributed by atoms with E-state index in [4.69, 9.17) is 0 Å². The van der Waals surface area contributed by atoms with E-state index in [1.54, 1.807) is 12.1 Å². The van der Waals surface area contributed by atoms with Crippen LogP contribution >= 0.6 is 0 Å². The number of amides is 2. The Labute approximate surface area is 187 Å². The van der Waals surface area contributed by atoms with Crippen molar-refractivity contribution in [3.63, 3.8) is 0 Å². The zero-order chi connectivity index (χ0) is 23.4. The Hall–Kier alpha value is -4.14. The molecule has 1 atom stereocenters. The number of carbonyl (C=O) groups is 1. The van der Waals surface area contributed by atoms with Gasteiger partial charge in [0.05, 0.1) is 5.69 Å². The van der Waals surface area contributed by atoms with Crippen LogP contribution in [0.5, 0.6) is 0 Å². The van der Waals surface area contributed by atoms with Gasteiger partial charge in [0.15, 0.2) is 5.82 Å². The highest BCUT2D eigenvalue weighted by atomic mass is 19.1. The van der Waals surface area contributed by atoms with E-state index in [1.165, 1.54) is 12.1 Å². The molecule has 4 aromatic rings. The van der Waals surface area contributed by atoms with Crippen molar-refractivity contribution in [2.75, 3.05) is 17.2 Å². The summed E-state index contributed by atoms with van der Waals surface area (Å²) in [5.74, 6) is -1.40. The minimum absolute atomic E-state index is 0.122. The number of hydrogen-bond donors (Lipinski definition) is 3. The molecule has 33 heavy (non-hydrogen) atoms. The van der Waals surface area contributed by atoms with Crippen LogP contribution < -0.4 is 16.0 Å². The molecule has 1 aromatic heterocycles. The van der Waals surface area contributed by atoms with Crippen molar-refractivity contribution in [3.8, 4) is 11.3 Å². The van der Waals surface area contributed by atoms with Crippen LogP contribution in [-0.2, 0) is 0 Å². The topological polar surface area (TPSA) is 78.9 Å². The number of benzene rings is 3. The second-order valence-electron chi connectivity index (χ2n) is 7.45. The lowest BCUT2D eigenvalue weighted by molar-refractivity contribution is 0.251. The van der Waals surface area contributed by atoms with E-state index >= 15 is 0 Å². The van der Waals surface area contributed by atoms with Gasteiger partial charge in [0.1, 0.15) is 23.1 Å². The first kappa shape index (κ1) is 22.1. The fraction of sp³-hybridized carbons (Fsp3) is 0.125. The molecule has 4 rings (SSSR count). The van der Waals surface area contributed by atoms with Crippen LogP contribution in [-0.4, -0.2) is 28.8 Å². The lowest BCUT2D eigenvalue weighted by Gasteiger charge is -2.17. The number of fused-ring (bicyclic) bond motifs is 1. The number of nitrogens with one attached hydrogen (secondary N) is 3. The standard InChI is InChI=1S/C24H20F3N5O/c1-14(13-28-24(33)30-21-11-10-17(26)12-20(21)27)29-23-19-5-3-2-4-18(19)22(31-32-23)15-6-8-16(25)9-7-15/h2-12,14H,13H2,1H3,(H,29,32)(H2,28,30,33)/t14-/m1/s1. The number of hydrogen-bond acceptors (Lipinski definition) is 4. The predicted molar refractivity (Wildman–Crippen MR) is 121 cm³/mol. The van der Waals surface area contributed by atoms with Crippen molar-refractivity contribution in [1.29, 1.82) is 0 Å². The Morgan fingerprint density at radius 2 is 1.61 bits per heavy atom. The molecule has 0 fully saturated rings. The number of aromatic nitrogens is 2. The van der Waals surface area contributed by atoms with Gasteiger partial charge in [-0.15, -0.1) is 10.2 Å². The molecular formula is C24H20F3N5O. The minimum atomic E-state index is -0.862. The van der Waals surface area contributed by atoms with Gasteiger partial charge < -0.3 is 16.0 Å². The molecule has 3 N–H and O–H groups in total. The zero-order valence-electron chi connectivity index (χ0n) is 17.6. The largest absolute Gasteiger partial charge is 0.364 e. The predicted octanol–water partition coefficient (Wildman–Crippen LogP) is 5.34. The molecule has 1 heterocycles. The highest BCUT2D eigenvalue weighted by Crippen LogP contribution is 2.30. The monoisotopic (exact) mass is 451 g/mol. The van der Waals surface area contributed by atoms with Crippen molar-refractivity contribution >= 4 is 28.3 Å². The quantitative estimate of drug-likeness (QED) is 0.370. The summed E-state index contributed by atoms with van der Waals surface area (Å²) in [5.41, 5.74) is 1.25. The molecule has 168 valence electrons. The lowest BCUT2D eigenvalue weighted by Crippen LogP contribution is -2.37. The molecule has 0 bridgehead atoms. The maximum Gasteiger partial charge on any atom is 0.319 e. The summed E-state index contributed by atoms with van der Waals surface area (Å²) in [6.45, 7) is 2.04. The highest BCUT2D eigenvalue weighted by Gasteiger charge is 2.14. The lowest BCUT2D eigenvalue weighted by atomic mass is 10.0. The van der Waals surface area contributed by atoms with E-state index in [9.17, 15) is 18.0 Å². The fourth-order valence-corrected chi connectivity index (χ4v) is 3.32. The fourth-order valence-electron chi connectivity index (χ4n) is 3.32. The molecule has 2 amide bonds. The Kier molecular flexibility index (Phi) is 6.39. The molecule has 9 heteroatoms. The smallest absolute Gasteiger partial charge is 0.319 e. The Bertz CT molecular complexity index is 1300. The molecule has 6 nitrogen and oxygen atoms in total. The summed E-state index contributed by atoms with van der Waals surface area (Å²) >= 11 is 0. The summed E-state index contributed by atoms with van der Waals surface area (Å²) in [4.78, 5) is 12.1. The molecular weight excluding hydrogens is 431 g/mol. The van der Waals surface area contributed by atoms with Gasteiger partial charge in [-0.05, 0) is 43.3 Å². The molecule has 0 saturated carbocycles. The number of anilines is 2. The molecule has 0 unspecified atom stereocenters. The van der Waals surface area contributed by atoms with E-state index in [0.717, 1.165) is 28.5 Å². The average molecular weight is 451 g/mol. The van der Waals surface area contributed by atoms with Gasteiger partial charge in [-0.3, -0.25) is 0 Å². The van der Waals surface area contributed by atoms with Crippen molar-refractivity contribution in [2.24, 2.45) is 0 Å². The summed E-state index contributed by atoms with van der Waals surface area (Å²) in [5, 5.41) is 18.4. The first-order chi connectivity index (χ1) is 15.9. The molecule has 0 radical (unpaired) electrons. The summed E-state index contributed by atoms with van der Waals surface area (Å²) in [6, 6.07) is 15.6. The molecule has 0 spiro atoms. The van der Waals surface area contributed by atoms with Crippen LogP contribution in [0.2, 0.25) is 0 Å². The highest BCUT2D eigenvalue weighted by molar-refractivity contribution is 6.00. The minimum Gasteiger partial charge on any atom is -0.364 e. The average Bonchev–Trinajstić information content (AvgIpc) is 2.80. The van der Waals surface area contributed by atoms with Crippen molar-refractivity contribution in [2.45, 2.75) is 13.0 Å². The van der Waals surface area contributed by atoms with Crippen molar-refractivity contribution < 1.29 is 18.0 Å². The Balaban J connectivity index is 1.44. The zero-order valence-corrected chi connectivity index (χ0v) is 17.6. The van der Waals surface area contributed by atoms with E-state index < -0.39 is 17.7 Å². The van der Waals surface area contributed by atoms with Gasteiger partial charge in [0, 0.05) is 35.0 Å². The third-order valence-corrected chi connectivity index (χ3v) is 4.94. The van der Waals surface area contributed by atoms with E-state index in [1.807, 2.05) is 31.2 Å². The Morgan fingerprint density at radius 1 is 0.909 bits per heavy atom. The third-order valence-electron chi connectivity index (χ3n) is 4.94. The number of nitrogens with zero attached hydrogens (tertiary/aromatic N) is 2. The number of halogens is 3. The second kappa shape index (κ2) is 9.56. The van der Waals surface area contributed by atoms with Gasteiger partial charge in [-0.1, -0.05) is 24.3 Å². The number of rotatable bonds is 6.